The molecule has 0 amide bonds. The van der Waals surface area contributed by atoms with Gasteiger partial charge in [0.05, 0.1) is 0 Å². The Morgan fingerprint density at radius 1 is 0.706 bits per heavy atom. The number of para-hydroxylation sites is 2. The second-order valence-electron chi connectivity index (χ2n) is 8.99. The summed E-state index contributed by atoms with van der Waals surface area (Å²) in [5.74, 6) is 0. The summed E-state index contributed by atoms with van der Waals surface area (Å²) in [6, 6.07) is 33.5. The van der Waals surface area contributed by atoms with Gasteiger partial charge in [-0.05, 0) is 0 Å². The molecule has 7 rings (SSSR count). The van der Waals surface area contributed by atoms with Crippen molar-refractivity contribution in [1.82, 2.24) is 4.57 Å². The van der Waals surface area contributed by atoms with Crippen LogP contribution < -0.4 is 4.57 Å². The SMILES string of the molecule is Cc1c(-c2c3ccc(-n4c5ccccc5c5ccccc54)cc3cc[n+]2C)ccc2[se]ccc12. The molecular formula is C31H23N2Se+. The molecule has 162 valence electrons. The van der Waals surface area contributed by atoms with Crippen molar-refractivity contribution in [2.45, 2.75) is 6.92 Å². The first-order valence-corrected chi connectivity index (χ1v) is 13.4. The summed E-state index contributed by atoms with van der Waals surface area (Å²) in [5, 5.41) is 6.54. The maximum atomic E-state index is 2.39. The second-order valence-corrected chi connectivity index (χ2v) is 11.0. The summed E-state index contributed by atoms with van der Waals surface area (Å²) in [6.45, 7) is 2.27. The molecule has 0 spiro atoms. The van der Waals surface area contributed by atoms with Crippen LogP contribution in [0, 0.1) is 6.92 Å². The number of pyridine rings is 1. The van der Waals surface area contributed by atoms with Gasteiger partial charge in [0, 0.05) is 0 Å². The quantitative estimate of drug-likeness (QED) is 0.179. The van der Waals surface area contributed by atoms with Crippen molar-refractivity contribution in [3.8, 4) is 16.9 Å². The van der Waals surface area contributed by atoms with Crippen molar-refractivity contribution < 1.29 is 4.57 Å². The van der Waals surface area contributed by atoms with Gasteiger partial charge in [0.1, 0.15) is 0 Å². The fourth-order valence-electron chi connectivity index (χ4n) is 5.48. The third-order valence-electron chi connectivity index (χ3n) is 7.12. The van der Waals surface area contributed by atoms with Crippen LogP contribution in [0.4, 0.5) is 0 Å². The predicted molar refractivity (Wildman–Crippen MR) is 144 cm³/mol. The first kappa shape index (κ1) is 19.8. The van der Waals surface area contributed by atoms with E-state index in [0.29, 0.717) is 14.5 Å². The van der Waals surface area contributed by atoms with Gasteiger partial charge in [0.15, 0.2) is 0 Å². The van der Waals surface area contributed by atoms with Crippen LogP contribution in [0.3, 0.4) is 0 Å². The van der Waals surface area contributed by atoms with E-state index in [-0.39, 0.29) is 0 Å². The molecule has 0 saturated heterocycles. The zero-order chi connectivity index (χ0) is 22.8. The molecule has 3 heterocycles. The molecule has 34 heavy (non-hydrogen) atoms. The summed E-state index contributed by atoms with van der Waals surface area (Å²) < 4.78 is 6.15. The monoisotopic (exact) mass is 503 g/mol. The van der Waals surface area contributed by atoms with Crippen molar-refractivity contribution in [3.05, 3.63) is 108 Å². The van der Waals surface area contributed by atoms with Crippen LogP contribution in [-0.4, -0.2) is 19.1 Å². The summed E-state index contributed by atoms with van der Waals surface area (Å²) >= 11 is 0.469. The zero-order valence-electron chi connectivity index (χ0n) is 19.1. The molecule has 0 aliphatic heterocycles. The van der Waals surface area contributed by atoms with Crippen LogP contribution in [0.2, 0.25) is 0 Å². The van der Waals surface area contributed by atoms with Crippen LogP contribution in [0.5, 0.6) is 0 Å². The summed E-state index contributed by atoms with van der Waals surface area (Å²) in [6.07, 6.45) is 2.19. The van der Waals surface area contributed by atoms with E-state index in [2.05, 4.69) is 125 Å². The van der Waals surface area contributed by atoms with E-state index < -0.39 is 0 Å². The molecule has 0 N–H and O–H groups in total. The third-order valence-corrected chi connectivity index (χ3v) is 8.97. The van der Waals surface area contributed by atoms with Crippen LogP contribution in [-0.2, 0) is 7.05 Å². The molecule has 7 aromatic rings. The molecular weight excluding hydrogens is 479 g/mol. The molecule has 0 aliphatic rings. The Labute approximate surface area is 204 Å². The van der Waals surface area contributed by atoms with Gasteiger partial charge in [-0.2, -0.15) is 0 Å². The number of rotatable bonds is 2. The average Bonchev–Trinajstić information content (AvgIpc) is 3.48. The van der Waals surface area contributed by atoms with Crippen molar-refractivity contribution in [1.29, 1.82) is 0 Å². The van der Waals surface area contributed by atoms with Gasteiger partial charge in [-0.3, -0.25) is 0 Å². The molecule has 0 bridgehead atoms. The topological polar surface area (TPSA) is 8.81 Å². The van der Waals surface area contributed by atoms with Gasteiger partial charge >= 0.3 is 168 Å². The summed E-state index contributed by atoms with van der Waals surface area (Å²) in [7, 11) is 2.15. The average molecular weight is 502 g/mol. The van der Waals surface area contributed by atoms with Crippen molar-refractivity contribution in [2.24, 2.45) is 7.05 Å². The van der Waals surface area contributed by atoms with Crippen molar-refractivity contribution >= 4 is 56.7 Å². The Morgan fingerprint density at radius 2 is 1.44 bits per heavy atom. The Balaban J connectivity index is 1.50. The number of benzene rings is 4. The molecule has 0 saturated carbocycles. The Hall–Kier alpha value is -3.65. The Kier molecular flexibility index (Phi) is 4.32. The van der Waals surface area contributed by atoms with E-state index in [4.69, 9.17) is 0 Å². The predicted octanol–water partition coefficient (Wildman–Crippen LogP) is 6.95. The van der Waals surface area contributed by atoms with Crippen LogP contribution >= 0.6 is 0 Å². The van der Waals surface area contributed by atoms with Crippen LogP contribution in [0.25, 0.3) is 59.2 Å². The van der Waals surface area contributed by atoms with Crippen molar-refractivity contribution in [2.75, 3.05) is 0 Å². The molecule has 4 aromatic carbocycles. The molecule has 3 aromatic heterocycles. The van der Waals surface area contributed by atoms with Gasteiger partial charge in [0.25, 0.3) is 0 Å². The zero-order valence-corrected chi connectivity index (χ0v) is 20.8. The van der Waals surface area contributed by atoms with Gasteiger partial charge in [-0.1, -0.05) is 36.4 Å². The molecule has 2 nitrogen and oxygen atoms in total. The number of fused-ring (bicyclic) bond motifs is 5. The van der Waals surface area contributed by atoms with Gasteiger partial charge < -0.3 is 0 Å². The maximum absolute atomic E-state index is 2.39. The fraction of sp³-hybridized carbons (Fsp3) is 0.0645. The first-order valence-electron chi connectivity index (χ1n) is 11.6. The Bertz CT molecular complexity index is 1830. The van der Waals surface area contributed by atoms with Crippen molar-refractivity contribution in [3.63, 3.8) is 0 Å². The normalized spacial score (nSPS) is 11.8. The number of hydrogen-bond acceptors (Lipinski definition) is 0. The molecule has 0 radical (unpaired) electrons. The third kappa shape index (κ3) is 2.78. The van der Waals surface area contributed by atoms with E-state index in [1.807, 2.05) is 0 Å². The van der Waals surface area contributed by atoms with E-state index in [1.165, 1.54) is 64.7 Å². The van der Waals surface area contributed by atoms with Crippen LogP contribution in [0.1, 0.15) is 5.56 Å². The molecule has 0 unspecified atom stereocenters. The van der Waals surface area contributed by atoms with Gasteiger partial charge in [-0.15, -0.1) is 0 Å². The summed E-state index contributed by atoms with van der Waals surface area (Å²) in [5.41, 5.74) is 7.66. The van der Waals surface area contributed by atoms with E-state index in [1.54, 1.807) is 0 Å². The van der Waals surface area contributed by atoms with E-state index in [0.717, 1.165) is 0 Å². The number of aromatic nitrogens is 2. The van der Waals surface area contributed by atoms with E-state index >= 15 is 0 Å². The van der Waals surface area contributed by atoms with Crippen LogP contribution in [0.15, 0.2) is 102 Å². The molecule has 0 aliphatic carbocycles. The minimum atomic E-state index is 0.469. The van der Waals surface area contributed by atoms with Gasteiger partial charge in [0.2, 0.25) is 0 Å². The molecule has 3 heteroatoms. The standard InChI is InChI=1S/C31H23N2Se/c1-20-23-16-18-34-30(23)14-13-24(20)31-25-12-11-22(19-21(25)15-17-32(31)2)33-28-9-5-3-7-26(28)27-8-4-6-10-29(27)33/h3-19H,1-2H3/q+1. The first-order chi connectivity index (χ1) is 16.7. The van der Waals surface area contributed by atoms with E-state index in [9.17, 15) is 0 Å². The number of nitrogens with zero attached hydrogens (tertiary/aromatic N) is 2. The number of aryl methyl sites for hydroxylation is 2. The molecule has 0 fully saturated rings. The second kappa shape index (κ2) is 7.43. The Morgan fingerprint density at radius 3 is 2.21 bits per heavy atom. The number of hydrogen-bond donors (Lipinski definition) is 0. The molecule has 0 atom stereocenters. The summed E-state index contributed by atoms with van der Waals surface area (Å²) in [4.78, 5) is 2.33. The van der Waals surface area contributed by atoms with Gasteiger partial charge in [-0.25, -0.2) is 0 Å². The fourth-order valence-corrected chi connectivity index (χ4v) is 7.25. The minimum absolute atomic E-state index is 0.469.